The lowest BCUT2D eigenvalue weighted by Gasteiger charge is -2.19. The standard InChI is InChI=1S/C17H23N3O2S2/c1-10-8-12(11(2)19-24(22)17(3,4)5)14-13(9-10)15(21)20(6)16(18-14)23-7/h8-9H,1-7H3. The second kappa shape index (κ2) is 6.90. The maximum absolute atomic E-state index is 12.6. The van der Waals surface area contributed by atoms with Gasteiger partial charge in [0.2, 0.25) is 0 Å². The quantitative estimate of drug-likeness (QED) is 0.362. The van der Waals surface area contributed by atoms with Crippen molar-refractivity contribution in [2.24, 2.45) is 11.4 Å². The molecular weight excluding hydrogens is 342 g/mol. The van der Waals surface area contributed by atoms with Crippen LogP contribution >= 0.6 is 11.8 Å². The minimum absolute atomic E-state index is 0.0842. The first-order chi connectivity index (χ1) is 11.1. The molecule has 1 heterocycles. The molecule has 2 rings (SSSR count). The Morgan fingerprint density at radius 3 is 2.54 bits per heavy atom. The number of rotatable bonds is 3. The van der Waals surface area contributed by atoms with Gasteiger partial charge in [0.1, 0.15) is 16.1 Å². The lowest BCUT2D eigenvalue weighted by molar-refractivity contribution is 0.561. The lowest BCUT2D eigenvalue weighted by atomic mass is 10.0. The third-order valence-electron chi connectivity index (χ3n) is 3.60. The molecule has 2 aromatic rings. The van der Waals surface area contributed by atoms with Crippen molar-refractivity contribution in [2.75, 3.05) is 6.26 Å². The van der Waals surface area contributed by atoms with Crippen LogP contribution in [0.3, 0.4) is 0 Å². The topological polar surface area (TPSA) is 70.3 Å². The Labute approximate surface area is 149 Å². The predicted molar refractivity (Wildman–Crippen MR) is 104 cm³/mol. The number of hydrogen-bond donors (Lipinski definition) is 0. The molecule has 0 N–H and O–H groups in total. The zero-order valence-corrected chi connectivity index (χ0v) is 16.8. The van der Waals surface area contributed by atoms with Gasteiger partial charge in [-0.15, -0.1) is 0 Å². The summed E-state index contributed by atoms with van der Waals surface area (Å²) in [6.07, 6.45) is 1.89. The summed E-state index contributed by atoms with van der Waals surface area (Å²) in [6, 6.07) is 3.78. The summed E-state index contributed by atoms with van der Waals surface area (Å²) in [5, 5.41) is 1.20. The Kier molecular flexibility index (Phi) is 5.47. The molecule has 130 valence electrons. The molecule has 1 atom stereocenters. The maximum Gasteiger partial charge on any atom is 0.261 e. The second-order valence-corrected chi connectivity index (χ2v) is 9.39. The van der Waals surface area contributed by atoms with E-state index in [0.29, 0.717) is 21.8 Å². The van der Waals surface area contributed by atoms with E-state index in [0.717, 1.165) is 11.1 Å². The van der Waals surface area contributed by atoms with Crippen LogP contribution in [-0.2, 0) is 18.4 Å². The van der Waals surface area contributed by atoms with Gasteiger partial charge in [-0.2, -0.15) is 0 Å². The number of aromatic nitrogens is 2. The van der Waals surface area contributed by atoms with Crippen LogP contribution in [-0.4, -0.2) is 30.8 Å². The molecule has 0 bridgehead atoms. The molecule has 0 amide bonds. The Balaban J connectivity index is 2.77. The van der Waals surface area contributed by atoms with Gasteiger partial charge in [-0.25, -0.2) is 4.98 Å². The van der Waals surface area contributed by atoms with Crippen LogP contribution in [0.2, 0.25) is 0 Å². The third kappa shape index (κ3) is 3.68. The van der Waals surface area contributed by atoms with Crippen molar-refractivity contribution in [3.8, 4) is 0 Å². The molecule has 0 aliphatic rings. The molecule has 24 heavy (non-hydrogen) atoms. The van der Waals surface area contributed by atoms with Gasteiger partial charge in [-0.05, 0) is 58.6 Å². The Bertz CT molecular complexity index is 867. The summed E-state index contributed by atoms with van der Waals surface area (Å²) in [7, 11) is 1.72. The van der Waals surface area contributed by atoms with Crippen molar-refractivity contribution in [3.05, 3.63) is 33.6 Å². The zero-order chi connectivity index (χ0) is 18.2. The van der Waals surface area contributed by atoms with Gasteiger partial charge in [0, 0.05) is 12.6 Å². The Hall–Kier alpha value is -1.31. The molecule has 5 nitrogen and oxygen atoms in total. The molecule has 7 heteroatoms. The van der Waals surface area contributed by atoms with E-state index in [4.69, 9.17) is 0 Å². The first-order valence-electron chi connectivity index (χ1n) is 7.59. The van der Waals surface area contributed by atoms with Crippen molar-refractivity contribution in [2.45, 2.75) is 44.5 Å². The number of benzene rings is 1. The summed E-state index contributed by atoms with van der Waals surface area (Å²) in [5.74, 6) is 0. The van der Waals surface area contributed by atoms with E-state index in [1.165, 1.54) is 11.8 Å². The van der Waals surface area contributed by atoms with Crippen LogP contribution < -0.4 is 5.56 Å². The second-order valence-electron chi connectivity index (χ2n) is 6.71. The fourth-order valence-corrected chi connectivity index (χ4v) is 3.43. The molecule has 0 aliphatic heterocycles. The zero-order valence-electron chi connectivity index (χ0n) is 15.1. The van der Waals surface area contributed by atoms with Crippen molar-refractivity contribution < 1.29 is 4.55 Å². The van der Waals surface area contributed by atoms with Crippen molar-refractivity contribution in [1.29, 1.82) is 0 Å². The lowest BCUT2D eigenvalue weighted by Crippen LogP contribution is -2.27. The third-order valence-corrected chi connectivity index (χ3v) is 5.82. The number of aryl methyl sites for hydroxylation is 1. The minimum Gasteiger partial charge on any atom is -0.591 e. The number of fused-ring (bicyclic) bond motifs is 1. The van der Waals surface area contributed by atoms with Gasteiger partial charge in [-0.1, -0.05) is 16.2 Å². The summed E-state index contributed by atoms with van der Waals surface area (Å²) in [6.45, 7) is 9.39. The molecule has 0 aliphatic carbocycles. The minimum atomic E-state index is -1.36. The molecule has 1 aromatic carbocycles. The highest BCUT2D eigenvalue weighted by Crippen LogP contribution is 2.23. The monoisotopic (exact) mass is 365 g/mol. The van der Waals surface area contributed by atoms with E-state index < -0.39 is 16.1 Å². The summed E-state index contributed by atoms with van der Waals surface area (Å²) >= 11 is 0.0565. The number of thioether (sulfide) groups is 1. The first-order valence-corrected chi connectivity index (χ1v) is 9.92. The van der Waals surface area contributed by atoms with Crippen molar-refractivity contribution in [3.63, 3.8) is 0 Å². The molecule has 0 fully saturated rings. The molecule has 1 unspecified atom stereocenters. The van der Waals surface area contributed by atoms with Crippen molar-refractivity contribution in [1.82, 2.24) is 9.55 Å². The Morgan fingerprint density at radius 2 is 2.00 bits per heavy atom. The van der Waals surface area contributed by atoms with Gasteiger partial charge in [-0.3, -0.25) is 9.36 Å². The SMILES string of the molecule is CSc1nc2c(C(C)=N[S+]([O-])C(C)(C)C)cc(C)cc2c(=O)n1C. The summed E-state index contributed by atoms with van der Waals surface area (Å²) in [5.41, 5.74) is 2.86. The van der Waals surface area contributed by atoms with E-state index in [9.17, 15) is 9.35 Å². The highest BCUT2D eigenvalue weighted by Gasteiger charge is 2.27. The Morgan fingerprint density at radius 1 is 1.38 bits per heavy atom. The van der Waals surface area contributed by atoms with Crippen LogP contribution in [0.25, 0.3) is 10.9 Å². The van der Waals surface area contributed by atoms with Crippen LogP contribution in [0.1, 0.15) is 38.8 Å². The summed E-state index contributed by atoms with van der Waals surface area (Å²) in [4.78, 5) is 17.3. The maximum atomic E-state index is 12.6. The van der Waals surface area contributed by atoms with E-state index in [2.05, 4.69) is 9.38 Å². The van der Waals surface area contributed by atoms with Gasteiger partial charge in [0.05, 0.1) is 16.6 Å². The molecule has 0 spiro atoms. The molecule has 0 radical (unpaired) electrons. The molecule has 0 saturated heterocycles. The van der Waals surface area contributed by atoms with Crippen LogP contribution in [0, 0.1) is 6.92 Å². The van der Waals surface area contributed by atoms with E-state index in [-0.39, 0.29) is 5.56 Å². The molecule has 0 saturated carbocycles. The van der Waals surface area contributed by atoms with Gasteiger partial charge in [0.15, 0.2) is 5.16 Å². The van der Waals surface area contributed by atoms with E-state index >= 15 is 0 Å². The fourth-order valence-electron chi connectivity index (χ4n) is 2.27. The average molecular weight is 366 g/mol. The highest BCUT2D eigenvalue weighted by molar-refractivity contribution is 7.98. The summed E-state index contributed by atoms with van der Waals surface area (Å²) < 4.78 is 17.8. The molecule has 1 aromatic heterocycles. The smallest absolute Gasteiger partial charge is 0.261 e. The van der Waals surface area contributed by atoms with Crippen molar-refractivity contribution >= 4 is 39.7 Å². The highest BCUT2D eigenvalue weighted by atomic mass is 32.2. The van der Waals surface area contributed by atoms with E-state index in [1.54, 1.807) is 11.6 Å². The largest absolute Gasteiger partial charge is 0.591 e. The number of hydrogen-bond acceptors (Lipinski definition) is 5. The number of nitrogens with zero attached hydrogens (tertiary/aromatic N) is 3. The van der Waals surface area contributed by atoms with Crippen LogP contribution in [0.5, 0.6) is 0 Å². The normalized spacial score (nSPS) is 14.2. The van der Waals surface area contributed by atoms with Crippen LogP contribution in [0.4, 0.5) is 0 Å². The average Bonchev–Trinajstić information content (AvgIpc) is 2.49. The van der Waals surface area contributed by atoms with E-state index in [1.807, 2.05) is 53.0 Å². The first kappa shape index (κ1) is 19.0. The molecular formula is C17H23N3O2S2. The predicted octanol–water partition coefficient (Wildman–Crippen LogP) is 3.24. The van der Waals surface area contributed by atoms with Gasteiger partial charge < -0.3 is 4.55 Å². The fraction of sp³-hybridized carbons (Fsp3) is 0.471. The van der Waals surface area contributed by atoms with Gasteiger partial charge >= 0.3 is 0 Å². The van der Waals surface area contributed by atoms with Crippen LogP contribution in [0.15, 0.2) is 26.5 Å². The van der Waals surface area contributed by atoms with Gasteiger partial charge in [0.25, 0.3) is 5.56 Å².